The molecular formula is C10H15ClN4O. The van der Waals surface area contributed by atoms with Crippen LogP contribution in [-0.4, -0.2) is 54.3 Å². The van der Waals surface area contributed by atoms with Crippen molar-refractivity contribution in [2.75, 3.05) is 38.6 Å². The summed E-state index contributed by atoms with van der Waals surface area (Å²) in [5.74, 6) is 0.661. The highest BCUT2D eigenvalue weighted by Gasteiger charge is 2.17. The van der Waals surface area contributed by atoms with Crippen LogP contribution in [0.4, 0.5) is 5.82 Å². The second-order valence-corrected chi connectivity index (χ2v) is 4.26. The van der Waals surface area contributed by atoms with Gasteiger partial charge in [-0.3, -0.25) is 0 Å². The number of anilines is 1. The minimum atomic E-state index is 0.185. The van der Waals surface area contributed by atoms with Gasteiger partial charge in [-0.05, 0) is 7.05 Å². The number of ether oxygens (including phenoxy) is 1. The average Bonchev–Trinajstić information content (AvgIpc) is 2.28. The number of morpholine rings is 1. The zero-order valence-electron chi connectivity index (χ0n) is 9.19. The molecule has 6 heteroatoms. The Morgan fingerprint density at radius 2 is 2.56 bits per heavy atom. The molecule has 0 spiro atoms. The van der Waals surface area contributed by atoms with Crippen molar-refractivity contribution < 1.29 is 4.74 Å². The number of nitrogens with zero attached hydrogens (tertiary/aromatic N) is 3. The fourth-order valence-electron chi connectivity index (χ4n) is 1.64. The van der Waals surface area contributed by atoms with Crippen molar-refractivity contribution in [3.8, 4) is 0 Å². The van der Waals surface area contributed by atoms with Crippen molar-refractivity contribution in [2.45, 2.75) is 6.10 Å². The third-order valence-electron chi connectivity index (χ3n) is 2.51. The molecule has 0 bridgehead atoms. The summed E-state index contributed by atoms with van der Waals surface area (Å²) in [6.07, 6.45) is 3.23. The maximum Gasteiger partial charge on any atom is 0.148 e. The molecule has 1 N–H and O–H groups in total. The molecule has 1 saturated heterocycles. The minimum Gasteiger partial charge on any atom is -0.374 e. The molecule has 88 valence electrons. The monoisotopic (exact) mass is 242 g/mol. The number of hydrogen-bond donors (Lipinski definition) is 1. The Hall–Kier alpha value is -0.910. The summed E-state index contributed by atoms with van der Waals surface area (Å²) in [6, 6.07) is 0. The van der Waals surface area contributed by atoms with E-state index in [0.29, 0.717) is 17.4 Å². The van der Waals surface area contributed by atoms with E-state index in [9.17, 15) is 0 Å². The molecule has 0 amide bonds. The molecule has 1 aliphatic heterocycles. The number of hydrogen-bond acceptors (Lipinski definition) is 5. The summed E-state index contributed by atoms with van der Waals surface area (Å²) < 4.78 is 5.62. The molecule has 16 heavy (non-hydrogen) atoms. The van der Waals surface area contributed by atoms with Gasteiger partial charge in [0.25, 0.3) is 0 Å². The molecule has 1 unspecified atom stereocenters. The predicted molar refractivity (Wildman–Crippen MR) is 62.8 cm³/mol. The number of halogens is 1. The van der Waals surface area contributed by atoms with Crippen molar-refractivity contribution in [3.05, 3.63) is 17.5 Å². The van der Waals surface area contributed by atoms with Crippen LogP contribution in [0, 0.1) is 0 Å². The van der Waals surface area contributed by atoms with Crippen LogP contribution in [0.1, 0.15) is 0 Å². The van der Waals surface area contributed by atoms with Gasteiger partial charge in [0.05, 0.1) is 18.9 Å². The van der Waals surface area contributed by atoms with Crippen molar-refractivity contribution in [1.82, 2.24) is 14.9 Å². The second kappa shape index (κ2) is 5.43. The lowest BCUT2D eigenvalue weighted by atomic mass is 10.3. The van der Waals surface area contributed by atoms with Crippen LogP contribution in [0.3, 0.4) is 0 Å². The molecule has 1 aliphatic rings. The second-order valence-electron chi connectivity index (χ2n) is 3.86. The van der Waals surface area contributed by atoms with Gasteiger partial charge in [0, 0.05) is 19.6 Å². The van der Waals surface area contributed by atoms with Gasteiger partial charge >= 0.3 is 0 Å². The van der Waals surface area contributed by atoms with Gasteiger partial charge in [0.1, 0.15) is 17.2 Å². The number of rotatable bonds is 3. The number of aromatic nitrogens is 2. The van der Waals surface area contributed by atoms with E-state index in [1.54, 1.807) is 6.20 Å². The number of likely N-dealkylation sites (N-methyl/N-ethyl adjacent to an activating group) is 1. The van der Waals surface area contributed by atoms with Gasteiger partial charge < -0.3 is 15.0 Å². The van der Waals surface area contributed by atoms with E-state index in [4.69, 9.17) is 16.3 Å². The lowest BCUT2D eigenvalue weighted by molar-refractivity contribution is -0.0117. The summed E-state index contributed by atoms with van der Waals surface area (Å²) in [6.45, 7) is 3.40. The van der Waals surface area contributed by atoms with E-state index in [1.165, 1.54) is 6.33 Å². The lowest BCUT2D eigenvalue weighted by Gasteiger charge is -2.30. The minimum absolute atomic E-state index is 0.185. The summed E-state index contributed by atoms with van der Waals surface area (Å²) in [5.41, 5.74) is 0. The van der Waals surface area contributed by atoms with Gasteiger partial charge in [0.15, 0.2) is 0 Å². The highest BCUT2D eigenvalue weighted by atomic mass is 35.5. The first-order valence-electron chi connectivity index (χ1n) is 5.25. The smallest absolute Gasteiger partial charge is 0.148 e. The first-order chi connectivity index (χ1) is 7.75. The first-order valence-corrected chi connectivity index (χ1v) is 5.63. The Labute approximate surface area is 99.8 Å². The van der Waals surface area contributed by atoms with E-state index < -0.39 is 0 Å². The van der Waals surface area contributed by atoms with E-state index in [2.05, 4.69) is 27.2 Å². The summed E-state index contributed by atoms with van der Waals surface area (Å²) in [5, 5.41) is 3.70. The van der Waals surface area contributed by atoms with Gasteiger partial charge in [-0.1, -0.05) is 11.6 Å². The van der Waals surface area contributed by atoms with Gasteiger partial charge in [-0.25, -0.2) is 9.97 Å². The molecule has 0 aliphatic carbocycles. The zero-order chi connectivity index (χ0) is 11.4. The van der Waals surface area contributed by atoms with Crippen LogP contribution in [0.15, 0.2) is 12.5 Å². The average molecular weight is 243 g/mol. The van der Waals surface area contributed by atoms with Crippen LogP contribution in [0.25, 0.3) is 0 Å². The predicted octanol–water partition coefficient (Wildman–Crippen LogP) is 0.872. The van der Waals surface area contributed by atoms with Crippen molar-refractivity contribution in [3.63, 3.8) is 0 Å². The maximum absolute atomic E-state index is 5.93. The molecule has 1 fully saturated rings. The summed E-state index contributed by atoms with van der Waals surface area (Å²) in [7, 11) is 2.09. The molecule has 5 nitrogen and oxygen atoms in total. The first kappa shape index (κ1) is 11.6. The molecule has 0 radical (unpaired) electrons. The highest BCUT2D eigenvalue weighted by Crippen LogP contribution is 2.16. The Morgan fingerprint density at radius 1 is 1.69 bits per heavy atom. The molecule has 1 aromatic rings. The van der Waals surface area contributed by atoms with E-state index in [-0.39, 0.29) is 6.10 Å². The normalized spacial score (nSPS) is 22.0. The molecule has 2 rings (SSSR count). The molecule has 1 aromatic heterocycles. The Morgan fingerprint density at radius 3 is 3.31 bits per heavy atom. The van der Waals surface area contributed by atoms with Crippen molar-refractivity contribution in [2.24, 2.45) is 0 Å². The van der Waals surface area contributed by atoms with Crippen LogP contribution in [-0.2, 0) is 4.74 Å². The van der Waals surface area contributed by atoms with Crippen LogP contribution >= 0.6 is 11.6 Å². The Balaban J connectivity index is 1.85. The SMILES string of the molecule is CN1CCOC(CNc2ncncc2Cl)C1. The fourth-order valence-corrected chi connectivity index (χ4v) is 1.82. The topological polar surface area (TPSA) is 50.3 Å². The molecule has 0 aromatic carbocycles. The summed E-state index contributed by atoms with van der Waals surface area (Å²) >= 11 is 5.93. The van der Waals surface area contributed by atoms with Crippen LogP contribution < -0.4 is 5.32 Å². The molecular weight excluding hydrogens is 228 g/mol. The quantitative estimate of drug-likeness (QED) is 0.853. The fraction of sp³-hybridized carbons (Fsp3) is 0.600. The van der Waals surface area contributed by atoms with Gasteiger partial charge in [-0.2, -0.15) is 0 Å². The van der Waals surface area contributed by atoms with E-state index in [0.717, 1.165) is 19.7 Å². The van der Waals surface area contributed by atoms with E-state index >= 15 is 0 Å². The Bertz CT molecular complexity index is 349. The van der Waals surface area contributed by atoms with Crippen LogP contribution in [0.2, 0.25) is 5.02 Å². The van der Waals surface area contributed by atoms with Gasteiger partial charge in [0.2, 0.25) is 0 Å². The molecule has 0 saturated carbocycles. The largest absolute Gasteiger partial charge is 0.374 e. The lowest BCUT2D eigenvalue weighted by Crippen LogP contribution is -2.43. The number of nitrogens with one attached hydrogen (secondary N) is 1. The maximum atomic E-state index is 5.93. The highest BCUT2D eigenvalue weighted by molar-refractivity contribution is 6.32. The van der Waals surface area contributed by atoms with E-state index in [1.807, 2.05) is 0 Å². The zero-order valence-corrected chi connectivity index (χ0v) is 9.94. The van der Waals surface area contributed by atoms with Gasteiger partial charge in [-0.15, -0.1) is 0 Å². The molecule has 1 atom stereocenters. The molecule has 2 heterocycles. The third-order valence-corrected chi connectivity index (χ3v) is 2.78. The standard InChI is InChI=1S/C10H15ClN4O/c1-15-2-3-16-8(6-15)4-13-10-9(11)5-12-7-14-10/h5,7-8H,2-4,6H2,1H3,(H,12,13,14). The third kappa shape index (κ3) is 3.04. The van der Waals surface area contributed by atoms with Crippen molar-refractivity contribution in [1.29, 1.82) is 0 Å². The van der Waals surface area contributed by atoms with Crippen molar-refractivity contribution >= 4 is 17.4 Å². The Kier molecular flexibility index (Phi) is 3.93. The summed E-state index contributed by atoms with van der Waals surface area (Å²) in [4.78, 5) is 10.1. The van der Waals surface area contributed by atoms with Crippen LogP contribution in [0.5, 0.6) is 0 Å².